The van der Waals surface area contributed by atoms with Gasteiger partial charge in [-0.25, -0.2) is 9.18 Å². The Bertz CT molecular complexity index is 566. The third kappa shape index (κ3) is 3.51. The summed E-state index contributed by atoms with van der Waals surface area (Å²) in [5.74, 6) is -1.91. The third-order valence-corrected chi connectivity index (χ3v) is 3.91. The van der Waals surface area contributed by atoms with Gasteiger partial charge in [0.25, 0.3) is 0 Å². The van der Waals surface area contributed by atoms with Gasteiger partial charge >= 0.3 is 5.97 Å². The number of carboxylic acid groups (broad SMARTS) is 1. The molecule has 7 heteroatoms. The Morgan fingerprint density at radius 3 is 2.81 bits per heavy atom. The molecular formula is C14H15ClFNO4. The van der Waals surface area contributed by atoms with Gasteiger partial charge in [-0.1, -0.05) is 17.7 Å². The first-order valence-electron chi connectivity index (χ1n) is 6.41. The second-order valence-corrected chi connectivity index (χ2v) is 5.31. The zero-order valence-corrected chi connectivity index (χ0v) is 12.1. The average molecular weight is 316 g/mol. The van der Waals surface area contributed by atoms with Gasteiger partial charge in [0, 0.05) is 25.1 Å². The second-order valence-electron chi connectivity index (χ2n) is 4.91. The van der Waals surface area contributed by atoms with Gasteiger partial charge in [0.1, 0.15) is 11.9 Å². The number of hydrogen-bond donors (Lipinski definition) is 1. The molecule has 1 fully saturated rings. The molecule has 1 aliphatic rings. The molecule has 0 aliphatic carbocycles. The predicted molar refractivity (Wildman–Crippen MR) is 73.7 cm³/mol. The summed E-state index contributed by atoms with van der Waals surface area (Å²) in [6.07, 6.45) is -0.104. The Kier molecular flexibility index (Phi) is 4.80. The molecule has 0 aromatic heterocycles. The summed E-state index contributed by atoms with van der Waals surface area (Å²) in [7, 11) is 1.48. The molecule has 2 rings (SSSR count). The molecule has 114 valence electrons. The smallest absolute Gasteiger partial charge is 0.326 e. The number of amides is 1. The molecule has 1 aromatic carbocycles. The summed E-state index contributed by atoms with van der Waals surface area (Å²) in [5, 5.41) is 9.33. The standard InChI is InChI=1S/C14H15ClFNO4/c1-21-10-6-12(14(19)20)17(7-10)13(18)4-8-2-3-9(16)5-11(8)15/h2-3,5,10,12H,4,6-7H2,1H3,(H,19,20). The lowest BCUT2D eigenvalue weighted by Crippen LogP contribution is -2.41. The molecule has 0 radical (unpaired) electrons. The fourth-order valence-electron chi connectivity index (χ4n) is 2.41. The molecule has 2 unspecified atom stereocenters. The van der Waals surface area contributed by atoms with Crippen molar-refractivity contribution in [1.29, 1.82) is 0 Å². The van der Waals surface area contributed by atoms with Gasteiger partial charge < -0.3 is 14.7 Å². The van der Waals surface area contributed by atoms with Crippen molar-refractivity contribution in [3.05, 3.63) is 34.6 Å². The van der Waals surface area contributed by atoms with Crippen LogP contribution < -0.4 is 0 Å². The number of likely N-dealkylation sites (tertiary alicyclic amines) is 1. The minimum Gasteiger partial charge on any atom is -0.480 e. The van der Waals surface area contributed by atoms with Crippen LogP contribution in [0.5, 0.6) is 0 Å². The van der Waals surface area contributed by atoms with E-state index in [1.54, 1.807) is 0 Å². The fraction of sp³-hybridized carbons (Fsp3) is 0.429. The van der Waals surface area contributed by atoms with Crippen molar-refractivity contribution < 1.29 is 23.8 Å². The van der Waals surface area contributed by atoms with Crippen molar-refractivity contribution in [2.45, 2.75) is 25.0 Å². The first-order valence-corrected chi connectivity index (χ1v) is 6.79. The molecule has 5 nitrogen and oxygen atoms in total. The minimum atomic E-state index is -1.06. The molecule has 0 saturated carbocycles. The van der Waals surface area contributed by atoms with Crippen LogP contribution in [0, 0.1) is 5.82 Å². The van der Waals surface area contributed by atoms with Crippen LogP contribution in [-0.2, 0) is 20.7 Å². The second kappa shape index (κ2) is 6.41. The van der Waals surface area contributed by atoms with Crippen LogP contribution in [0.1, 0.15) is 12.0 Å². The van der Waals surface area contributed by atoms with Crippen LogP contribution in [0.15, 0.2) is 18.2 Å². The number of carbonyl (C=O) groups is 2. The number of benzene rings is 1. The van der Waals surface area contributed by atoms with E-state index in [0.717, 1.165) is 6.07 Å². The van der Waals surface area contributed by atoms with E-state index >= 15 is 0 Å². The number of rotatable bonds is 4. The largest absolute Gasteiger partial charge is 0.480 e. The summed E-state index contributed by atoms with van der Waals surface area (Å²) in [4.78, 5) is 24.8. The minimum absolute atomic E-state index is 0.0701. The van der Waals surface area contributed by atoms with Crippen LogP contribution in [0.2, 0.25) is 5.02 Å². The van der Waals surface area contributed by atoms with Crippen molar-refractivity contribution >= 4 is 23.5 Å². The molecule has 0 bridgehead atoms. The maximum Gasteiger partial charge on any atom is 0.326 e. The molecule has 0 spiro atoms. The van der Waals surface area contributed by atoms with Gasteiger partial charge in [-0.2, -0.15) is 0 Å². The van der Waals surface area contributed by atoms with Crippen molar-refractivity contribution in [2.75, 3.05) is 13.7 Å². The monoisotopic (exact) mass is 315 g/mol. The van der Waals surface area contributed by atoms with Gasteiger partial charge in [0.15, 0.2) is 0 Å². The zero-order chi connectivity index (χ0) is 15.6. The highest BCUT2D eigenvalue weighted by Crippen LogP contribution is 2.23. The molecule has 1 aromatic rings. The van der Waals surface area contributed by atoms with E-state index in [4.69, 9.17) is 16.3 Å². The van der Waals surface area contributed by atoms with Crippen molar-refractivity contribution in [2.24, 2.45) is 0 Å². The number of carboxylic acids is 1. The van der Waals surface area contributed by atoms with E-state index < -0.39 is 17.8 Å². The van der Waals surface area contributed by atoms with E-state index in [1.807, 2.05) is 0 Å². The van der Waals surface area contributed by atoms with E-state index in [0.29, 0.717) is 5.56 Å². The quantitative estimate of drug-likeness (QED) is 0.918. The van der Waals surface area contributed by atoms with Crippen molar-refractivity contribution in [1.82, 2.24) is 4.90 Å². The predicted octanol–water partition coefficient (Wildman–Crippen LogP) is 1.72. The maximum absolute atomic E-state index is 13.0. The van der Waals surface area contributed by atoms with E-state index in [9.17, 15) is 19.1 Å². The van der Waals surface area contributed by atoms with Gasteiger partial charge in [0.2, 0.25) is 5.91 Å². The van der Waals surface area contributed by atoms with Gasteiger partial charge in [-0.3, -0.25) is 4.79 Å². The lowest BCUT2D eigenvalue weighted by Gasteiger charge is -2.21. The highest BCUT2D eigenvalue weighted by molar-refractivity contribution is 6.31. The lowest BCUT2D eigenvalue weighted by molar-refractivity contribution is -0.148. The molecule has 21 heavy (non-hydrogen) atoms. The average Bonchev–Trinajstić information content (AvgIpc) is 2.86. The summed E-state index contributed by atoms with van der Waals surface area (Å²) in [6, 6.07) is 2.86. The Morgan fingerprint density at radius 2 is 2.24 bits per heavy atom. The zero-order valence-electron chi connectivity index (χ0n) is 11.4. The highest BCUT2D eigenvalue weighted by Gasteiger charge is 2.39. The summed E-state index contributed by atoms with van der Waals surface area (Å²) in [6.45, 7) is 0.227. The SMILES string of the molecule is COC1CC(C(=O)O)N(C(=O)Cc2ccc(F)cc2Cl)C1. The van der Waals surface area contributed by atoms with Crippen LogP contribution in [0.3, 0.4) is 0 Å². The first kappa shape index (κ1) is 15.7. The molecular weight excluding hydrogens is 301 g/mol. The number of halogens is 2. The van der Waals surface area contributed by atoms with Crippen molar-refractivity contribution in [3.8, 4) is 0 Å². The summed E-state index contributed by atoms with van der Waals surface area (Å²) in [5.41, 5.74) is 0.466. The normalized spacial score (nSPS) is 21.6. The molecule has 1 amide bonds. The topological polar surface area (TPSA) is 66.8 Å². The van der Waals surface area contributed by atoms with Crippen LogP contribution in [0.4, 0.5) is 4.39 Å². The van der Waals surface area contributed by atoms with Crippen molar-refractivity contribution in [3.63, 3.8) is 0 Å². The fourth-order valence-corrected chi connectivity index (χ4v) is 2.64. The molecule has 1 heterocycles. The van der Waals surface area contributed by atoms with Crippen LogP contribution in [0.25, 0.3) is 0 Å². The van der Waals surface area contributed by atoms with E-state index in [-0.39, 0.29) is 36.4 Å². The lowest BCUT2D eigenvalue weighted by atomic mass is 10.1. The Labute approximate surface area is 126 Å². The Balaban J connectivity index is 2.13. The number of methoxy groups -OCH3 is 1. The first-order chi connectivity index (χ1) is 9.92. The van der Waals surface area contributed by atoms with Gasteiger partial charge in [-0.15, -0.1) is 0 Å². The molecule has 2 atom stereocenters. The van der Waals surface area contributed by atoms with Gasteiger partial charge in [0.05, 0.1) is 12.5 Å². The summed E-state index contributed by atoms with van der Waals surface area (Å²) < 4.78 is 18.1. The van der Waals surface area contributed by atoms with Gasteiger partial charge in [-0.05, 0) is 17.7 Å². The number of aliphatic carboxylic acids is 1. The maximum atomic E-state index is 13.0. The van der Waals surface area contributed by atoms with E-state index in [2.05, 4.69) is 0 Å². The molecule has 1 saturated heterocycles. The molecule has 1 N–H and O–H groups in total. The number of nitrogens with zero attached hydrogens (tertiary/aromatic N) is 1. The highest BCUT2D eigenvalue weighted by atomic mass is 35.5. The Morgan fingerprint density at radius 1 is 1.52 bits per heavy atom. The van der Waals surface area contributed by atoms with Crippen LogP contribution >= 0.6 is 11.6 Å². The molecule has 1 aliphatic heterocycles. The van der Waals surface area contributed by atoms with E-state index in [1.165, 1.54) is 24.1 Å². The Hall–Kier alpha value is -1.66. The number of carbonyl (C=O) groups excluding carboxylic acids is 1. The summed E-state index contributed by atoms with van der Waals surface area (Å²) >= 11 is 5.88. The number of ether oxygens (including phenoxy) is 1. The van der Waals surface area contributed by atoms with Crippen LogP contribution in [-0.4, -0.2) is 47.7 Å². The number of hydrogen-bond acceptors (Lipinski definition) is 3. The third-order valence-electron chi connectivity index (χ3n) is 3.56.